The molecule has 0 atom stereocenters. The quantitative estimate of drug-likeness (QED) is 0.456. The topological polar surface area (TPSA) is 72.2 Å². The van der Waals surface area contributed by atoms with Crippen molar-refractivity contribution in [3.05, 3.63) is 24.3 Å². The van der Waals surface area contributed by atoms with Crippen LogP contribution in [0, 0.1) is 12.3 Å². The third-order valence-electron chi connectivity index (χ3n) is 2.00. The number of nitrogens with one attached hydrogen (secondary N) is 1. The van der Waals surface area contributed by atoms with E-state index in [1.807, 2.05) is 0 Å². The third-order valence-corrected chi connectivity index (χ3v) is 3.53. The second-order valence-corrected chi connectivity index (χ2v) is 4.98. The molecular weight excluding hydrogens is 224 g/mol. The summed E-state index contributed by atoms with van der Waals surface area (Å²) in [5.41, 5.74) is 5.83. The molecule has 5 heteroatoms. The van der Waals surface area contributed by atoms with E-state index in [1.165, 1.54) is 6.07 Å². The highest BCUT2D eigenvalue weighted by Crippen LogP contribution is 2.16. The van der Waals surface area contributed by atoms with Gasteiger partial charge < -0.3 is 5.73 Å². The van der Waals surface area contributed by atoms with E-state index in [0.717, 1.165) is 0 Å². The molecule has 0 amide bonds. The minimum absolute atomic E-state index is 0.107. The standard InChI is InChI=1S/C11H14N2O2S/c1-2-3-6-9-13-16(14,15)11-8-5-4-7-10(11)12/h1,4-5,7-8,13H,3,6,9,12H2. The Labute approximate surface area is 95.9 Å². The molecule has 0 unspecified atom stereocenters. The fraction of sp³-hybridized carbons (Fsp3) is 0.273. The first-order chi connectivity index (χ1) is 7.58. The zero-order valence-electron chi connectivity index (χ0n) is 8.81. The molecule has 3 N–H and O–H groups in total. The molecule has 0 aliphatic heterocycles. The van der Waals surface area contributed by atoms with Gasteiger partial charge in [-0.05, 0) is 18.6 Å². The monoisotopic (exact) mass is 238 g/mol. The van der Waals surface area contributed by atoms with Gasteiger partial charge in [0.15, 0.2) is 0 Å². The van der Waals surface area contributed by atoms with Gasteiger partial charge in [-0.3, -0.25) is 0 Å². The van der Waals surface area contributed by atoms with E-state index in [4.69, 9.17) is 12.2 Å². The summed E-state index contributed by atoms with van der Waals surface area (Å²) in [5, 5.41) is 0. The molecule has 1 aromatic carbocycles. The number of benzene rings is 1. The van der Waals surface area contributed by atoms with E-state index in [1.54, 1.807) is 18.2 Å². The van der Waals surface area contributed by atoms with Gasteiger partial charge in [0, 0.05) is 13.0 Å². The summed E-state index contributed by atoms with van der Waals surface area (Å²) in [6, 6.07) is 6.34. The largest absolute Gasteiger partial charge is 0.398 e. The molecule has 4 nitrogen and oxygen atoms in total. The molecule has 0 saturated carbocycles. The van der Waals surface area contributed by atoms with Crippen LogP contribution >= 0.6 is 0 Å². The number of nitrogen functional groups attached to an aromatic ring is 1. The number of hydrogen-bond acceptors (Lipinski definition) is 3. The summed E-state index contributed by atoms with van der Waals surface area (Å²) in [4.78, 5) is 0.107. The van der Waals surface area contributed by atoms with Crippen molar-refractivity contribution in [3.63, 3.8) is 0 Å². The minimum Gasteiger partial charge on any atom is -0.398 e. The predicted molar refractivity (Wildman–Crippen MR) is 64.1 cm³/mol. The first kappa shape index (κ1) is 12.6. The number of anilines is 1. The smallest absolute Gasteiger partial charge is 0.242 e. The molecule has 0 saturated heterocycles. The zero-order chi connectivity index (χ0) is 12.0. The van der Waals surface area contributed by atoms with Crippen molar-refractivity contribution in [2.24, 2.45) is 0 Å². The van der Waals surface area contributed by atoms with Crippen LogP contribution in [0.25, 0.3) is 0 Å². The van der Waals surface area contributed by atoms with E-state index in [2.05, 4.69) is 10.6 Å². The Morgan fingerprint density at radius 3 is 2.69 bits per heavy atom. The van der Waals surface area contributed by atoms with Gasteiger partial charge in [0.05, 0.1) is 5.69 Å². The molecule has 0 aliphatic carbocycles. The number of terminal acetylenes is 1. The van der Waals surface area contributed by atoms with Gasteiger partial charge in [-0.25, -0.2) is 13.1 Å². The number of sulfonamides is 1. The Morgan fingerprint density at radius 1 is 1.38 bits per heavy atom. The number of unbranched alkanes of at least 4 members (excludes halogenated alkanes) is 1. The summed E-state index contributed by atoms with van der Waals surface area (Å²) in [5.74, 6) is 2.45. The van der Waals surface area contributed by atoms with Crippen LogP contribution in [-0.4, -0.2) is 15.0 Å². The Bertz CT molecular complexity index is 489. The molecule has 0 spiro atoms. The second kappa shape index (κ2) is 5.54. The van der Waals surface area contributed by atoms with Crippen LogP contribution in [0.1, 0.15) is 12.8 Å². The Balaban J connectivity index is 2.72. The zero-order valence-corrected chi connectivity index (χ0v) is 9.63. The van der Waals surface area contributed by atoms with Crippen molar-refractivity contribution in [3.8, 4) is 12.3 Å². The number of hydrogen-bond donors (Lipinski definition) is 2. The fourth-order valence-corrected chi connectivity index (χ4v) is 2.40. The van der Waals surface area contributed by atoms with Gasteiger partial charge >= 0.3 is 0 Å². The average molecular weight is 238 g/mol. The van der Waals surface area contributed by atoms with E-state index >= 15 is 0 Å². The molecule has 0 radical (unpaired) electrons. The highest BCUT2D eigenvalue weighted by atomic mass is 32.2. The van der Waals surface area contributed by atoms with Crippen LogP contribution < -0.4 is 10.5 Å². The minimum atomic E-state index is -3.52. The Hall–Kier alpha value is -1.51. The van der Waals surface area contributed by atoms with E-state index in [-0.39, 0.29) is 10.6 Å². The first-order valence-corrected chi connectivity index (χ1v) is 6.34. The normalized spacial score (nSPS) is 10.9. The molecule has 1 rings (SSSR count). The third kappa shape index (κ3) is 3.26. The molecule has 0 fully saturated rings. The van der Waals surface area contributed by atoms with E-state index in [0.29, 0.717) is 19.4 Å². The van der Waals surface area contributed by atoms with Crippen LogP contribution in [-0.2, 0) is 10.0 Å². The van der Waals surface area contributed by atoms with Crippen molar-refractivity contribution in [1.29, 1.82) is 0 Å². The molecule has 0 heterocycles. The lowest BCUT2D eigenvalue weighted by Gasteiger charge is -2.07. The van der Waals surface area contributed by atoms with Crippen LogP contribution in [0.4, 0.5) is 5.69 Å². The molecule has 0 bridgehead atoms. The second-order valence-electron chi connectivity index (χ2n) is 3.24. The highest BCUT2D eigenvalue weighted by Gasteiger charge is 2.15. The van der Waals surface area contributed by atoms with Crippen LogP contribution in [0.2, 0.25) is 0 Å². The lowest BCUT2D eigenvalue weighted by Crippen LogP contribution is -2.25. The average Bonchev–Trinajstić information content (AvgIpc) is 2.25. The Morgan fingerprint density at radius 2 is 2.06 bits per heavy atom. The van der Waals surface area contributed by atoms with Crippen LogP contribution in [0.3, 0.4) is 0 Å². The summed E-state index contributed by atoms with van der Waals surface area (Å²) < 4.78 is 26.0. The SMILES string of the molecule is C#CCCCNS(=O)(=O)c1ccccc1N. The predicted octanol–water partition coefficient (Wildman–Crippen LogP) is 0.960. The number of nitrogens with two attached hydrogens (primary N) is 1. The van der Waals surface area contributed by atoms with Gasteiger partial charge in [0.2, 0.25) is 10.0 Å². The van der Waals surface area contributed by atoms with E-state index < -0.39 is 10.0 Å². The van der Waals surface area contributed by atoms with Crippen LogP contribution in [0.5, 0.6) is 0 Å². The van der Waals surface area contributed by atoms with Crippen LogP contribution in [0.15, 0.2) is 29.2 Å². The van der Waals surface area contributed by atoms with Crippen molar-refractivity contribution in [2.75, 3.05) is 12.3 Å². The van der Waals surface area contributed by atoms with Gasteiger partial charge in [0.25, 0.3) is 0 Å². The molecule has 1 aromatic rings. The van der Waals surface area contributed by atoms with Crippen molar-refractivity contribution < 1.29 is 8.42 Å². The molecular formula is C11H14N2O2S. The number of rotatable bonds is 5. The molecule has 86 valence electrons. The van der Waals surface area contributed by atoms with E-state index in [9.17, 15) is 8.42 Å². The summed E-state index contributed by atoms with van der Waals surface area (Å²) in [6.45, 7) is 0.320. The highest BCUT2D eigenvalue weighted by molar-refractivity contribution is 7.89. The maximum atomic E-state index is 11.8. The molecule has 0 aliphatic rings. The first-order valence-electron chi connectivity index (χ1n) is 4.85. The maximum Gasteiger partial charge on any atom is 0.242 e. The van der Waals surface area contributed by atoms with Crippen molar-refractivity contribution in [1.82, 2.24) is 4.72 Å². The molecule has 16 heavy (non-hydrogen) atoms. The Kier molecular flexibility index (Phi) is 4.35. The fourth-order valence-electron chi connectivity index (χ4n) is 1.20. The van der Waals surface area contributed by atoms with Gasteiger partial charge in [0.1, 0.15) is 4.90 Å². The van der Waals surface area contributed by atoms with Gasteiger partial charge in [-0.15, -0.1) is 12.3 Å². The van der Waals surface area contributed by atoms with Crippen molar-refractivity contribution >= 4 is 15.7 Å². The molecule has 0 aromatic heterocycles. The summed E-state index contributed by atoms with van der Waals surface area (Å²) in [6.07, 6.45) is 6.23. The lowest BCUT2D eigenvalue weighted by molar-refractivity contribution is 0.580. The summed E-state index contributed by atoms with van der Waals surface area (Å²) >= 11 is 0. The summed E-state index contributed by atoms with van der Waals surface area (Å²) in [7, 11) is -3.52. The van der Waals surface area contributed by atoms with Gasteiger partial charge in [-0.2, -0.15) is 0 Å². The lowest BCUT2D eigenvalue weighted by atomic mass is 10.3. The number of para-hydroxylation sites is 1. The van der Waals surface area contributed by atoms with Crippen molar-refractivity contribution in [2.45, 2.75) is 17.7 Å². The maximum absolute atomic E-state index is 11.8. The van der Waals surface area contributed by atoms with Gasteiger partial charge in [-0.1, -0.05) is 12.1 Å².